The number of piperidine rings is 1. The van der Waals surface area contributed by atoms with Crippen LogP contribution in [0, 0.1) is 0 Å². The molecule has 82 valence electrons. The maximum Gasteiger partial charge on any atom is 0.133 e. The minimum absolute atomic E-state index is 0.326. The Labute approximate surface area is 97.8 Å². The molecule has 0 amide bonds. The molecule has 0 bridgehead atoms. The van der Waals surface area contributed by atoms with Crippen molar-refractivity contribution < 1.29 is 4.74 Å². The van der Waals surface area contributed by atoms with Crippen LogP contribution < -0.4 is 4.90 Å². The van der Waals surface area contributed by atoms with Gasteiger partial charge in [-0.05, 0) is 28.8 Å². The summed E-state index contributed by atoms with van der Waals surface area (Å²) in [5, 5.41) is 0. The predicted molar refractivity (Wildman–Crippen MR) is 62.0 cm³/mol. The first-order valence-electron chi connectivity index (χ1n) is 5.05. The van der Waals surface area contributed by atoms with Gasteiger partial charge in [-0.2, -0.15) is 0 Å². The highest BCUT2D eigenvalue weighted by molar-refractivity contribution is 9.10. The fourth-order valence-electron chi connectivity index (χ4n) is 1.84. The topological polar surface area (TPSA) is 38.2 Å². The molecule has 1 fully saturated rings. The zero-order valence-electron chi connectivity index (χ0n) is 8.69. The van der Waals surface area contributed by atoms with Crippen molar-refractivity contribution in [2.24, 2.45) is 0 Å². The molecule has 0 radical (unpaired) electrons. The summed E-state index contributed by atoms with van der Waals surface area (Å²) in [6.45, 7) is 1.96. The molecule has 1 atom stereocenters. The molecule has 1 unspecified atom stereocenters. The van der Waals surface area contributed by atoms with Crippen LogP contribution in [0.4, 0.5) is 5.82 Å². The third-order valence-electron chi connectivity index (χ3n) is 2.65. The number of methoxy groups -OCH3 is 1. The maximum atomic E-state index is 5.38. The van der Waals surface area contributed by atoms with E-state index in [0.29, 0.717) is 6.10 Å². The van der Waals surface area contributed by atoms with Gasteiger partial charge in [0.15, 0.2) is 0 Å². The Bertz CT molecular complexity index is 334. The smallest absolute Gasteiger partial charge is 0.133 e. The molecule has 1 aromatic heterocycles. The van der Waals surface area contributed by atoms with Crippen molar-refractivity contribution in [1.29, 1.82) is 0 Å². The first-order valence-corrected chi connectivity index (χ1v) is 5.84. The summed E-state index contributed by atoms with van der Waals surface area (Å²) in [5.74, 6) is 0.971. The lowest BCUT2D eigenvalue weighted by molar-refractivity contribution is 0.0891. The summed E-state index contributed by atoms with van der Waals surface area (Å²) in [7, 11) is 1.77. The van der Waals surface area contributed by atoms with Crippen LogP contribution in [0.25, 0.3) is 0 Å². The lowest BCUT2D eigenvalue weighted by Gasteiger charge is -2.32. The average Bonchev–Trinajstić information content (AvgIpc) is 2.29. The Morgan fingerprint density at radius 1 is 1.53 bits per heavy atom. The van der Waals surface area contributed by atoms with E-state index in [2.05, 4.69) is 30.8 Å². The van der Waals surface area contributed by atoms with Crippen LogP contribution >= 0.6 is 15.9 Å². The van der Waals surface area contributed by atoms with Crippen LogP contribution in [0.3, 0.4) is 0 Å². The number of hydrogen-bond acceptors (Lipinski definition) is 4. The SMILES string of the molecule is COC1CCCN(c2cc(Br)ncn2)C1. The van der Waals surface area contributed by atoms with Crippen molar-refractivity contribution in [3.63, 3.8) is 0 Å². The highest BCUT2D eigenvalue weighted by Crippen LogP contribution is 2.20. The molecule has 1 aliphatic rings. The lowest BCUT2D eigenvalue weighted by atomic mass is 10.1. The van der Waals surface area contributed by atoms with Crippen molar-refractivity contribution in [3.8, 4) is 0 Å². The number of anilines is 1. The van der Waals surface area contributed by atoms with E-state index in [4.69, 9.17) is 4.74 Å². The van der Waals surface area contributed by atoms with Crippen LogP contribution in [-0.4, -0.2) is 36.3 Å². The molecule has 2 heterocycles. The second-order valence-corrected chi connectivity index (χ2v) is 4.46. The molecule has 4 nitrogen and oxygen atoms in total. The molecule has 5 heteroatoms. The van der Waals surface area contributed by atoms with Crippen molar-refractivity contribution >= 4 is 21.7 Å². The summed E-state index contributed by atoms with van der Waals surface area (Å²) in [4.78, 5) is 10.5. The molecule has 0 aliphatic carbocycles. The van der Waals surface area contributed by atoms with Gasteiger partial charge in [-0.3, -0.25) is 0 Å². The molecular formula is C10H14BrN3O. The number of hydrogen-bond donors (Lipinski definition) is 0. The molecule has 0 saturated carbocycles. The van der Waals surface area contributed by atoms with Gasteiger partial charge in [0.2, 0.25) is 0 Å². The molecule has 0 N–H and O–H groups in total. The quantitative estimate of drug-likeness (QED) is 0.770. The number of ether oxygens (including phenoxy) is 1. The van der Waals surface area contributed by atoms with Crippen LogP contribution in [0.15, 0.2) is 17.0 Å². The van der Waals surface area contributed by atoms with E-state index in [0.717, 1.165) is 36.4 Å². The average molecular weight is 272 g/mol. The van der Waals surface area contributed by atoms with Crippen LogP contribution in [0.5, 0.6) is 0 Å². The van der Waals surface area contributed by atoms with Gasteiger partial charge in [0, 0.05) is 26.3 Å². The van der Waals surface area contributed by atoms with Gasteiger partial charge in [0.05, 0.1) is 6.10 Å². The number of nitrogens with zero attached hydrogens (tertiary/aromatic N) is 3. The van der Waals surface area contributed by atoms with E-state index < -0.39 is 0 Å². The standard InChI is InChI=1S/C10H14BrN3O/c1-15-8-3-2-4-14(6-8)10-5-9(11)12-7-13-10/h5,7-8H,2-4,6H2,1H3. The summed E-state index contributed by atoms with van der Waals surface area (Å²) < 4.78 is 6.20. The fraction of sp³-hybridized carbons (Fsp3) is 0.600. The van der Waals surface area contributed by atoms with Gasteiger partial charge in [0.25, 0.3) is 0 Å². The number of halogens is 1. The Morgan fingerprint density at radius 2 is 2.40 bits per heavy atom. The zero-order valence-corrected chi connectivity index (χ0v) is 10.3. The maximum absolute atomic E-state index is 5.38. The lowest BCUT2D eigenvalue weighted by Crippen LogP contribution is -2.39. The summed E-state index contributed by atoms with van der Waals surface area (Å²) in [5.41, 5.74) is 0. The van der Waals surface area contributed by atoms with Crippen molar-refractivity contribution in [3.05, 3.63) is 17.0 Å². The van der Waals surface area contributed by atoms with E-state index >= 15 is 0 Å². The molecule has 1 aromatic rings. The zero-order chi connectivity index (χ0) is 10.7. The van der Waals surface area contributed by atoms with Crippen molar-refractivity contribution in [2.45, 2.75) is 18.9 Å². The minimum Gasteiger partial charge on any atom is -0.380 e. The summed E-state index contributed by atoms with van der Waals surface area (Å²) >= 11 is 3.35. The van der Waals surface area contributed by atoms with Gasteiger partial charge in [-0.1, -0.05) is 0 Å². The Balaban J connectivity index is 2.09. The molecule has 15 heavy (non-hydrogen) atoms. The number of aromatic nitrogens is 2. The fourth-order valence-corrected chi connectivity index (χ4v) is 2.13. The van der Waals surface area contributed by atoms with Gasteiger partial charge < -0.3 is 9.64 Å². The van der Waals surface area contributed by atoms with E-state index in [1.165, 1.54) is 0 Å². The highest BCUT2D eigenvalue weighted by Gasteiger charge is 2.20. The number of rotatable bonds is 2. The largest absolute Gasteiger partial charge is 0.380 e. The van der Waals surface area contributed by atoms with Gasteiger partial charge in [-0.25, -0.2) is 9.97 Å². The van der Waals surface area contributed by atoms with E-state index in [-0.39, 0.29) is 0 Å². The monoisotopic (exact) mass is 271 g/mol. The third-order valence-corrected chi connectivity index (χ3v) is 3.09. The van der Waals surface area contributed by atoms with Crippen molar-refractivity contribution in [2.75, 3.05) is 25.1 Å². The Morgan fingerprint density at radius 3 is 3.13 bits per heavy atom. The van der Waals surface area contributed by atoms with Gasteiger partial charge >= 0.3 is 0 Å². The molecule has 2 rings (SSSR count). The molecular weight excluding hydrogens is 258 g/mol. The highest BCUT2D eigenvalue weighted by atomic mass is 79.9. The summed E-state index contributed by atoms with van der Waals surface area (Å²) in [6.07, 6.45) is 4.20. The molecule has 0 spiro atoms. The van der Waals surface area contributed by atoms with Crippen LogP contribution in [0.1, 0.15) is 12.8 Å². The Kier molecular flexibility index (Phi) is 3.53. The predicted octanol–water partition coefficient (Wildman–Crippen LogP) is 1.85. The molecule has 0 aromatic carbocycles. The minimum atomic E-state index is 0.326. The van der Waals surface area contributed by atoms with Crippen LogP contribution in [0.2, 0.25) is 0 Å². The molecule has 1 saturated heterocycles. The van der Waals surface area contributed by atoms with Crippen LogP contribution in [-0.2, 0) is 4.74 Å². The first-order chi connectivity index (χ1) is 7.29. The second kappa shape index (κ2) is 4.90. The van der Waals surface area contributed by atoms with E-state index in [1.54, 1.807) is 13.4 Å². The van der Waals surface area contributed by atoms with Gasteiger partial charge in [0.1, 0.15) is 16.7 Å². The molecule has 1 aliphatic heterocycles. The van der Waals surface area contributed by atoms with E-state index in [9.17, 15) is 0 Å². The third kappa shape index (κ3) is 2.66. The Hall–Kier alpha value is -0.680. The van der Waals surface area contributed by atoms with Crippen molar-refractivity contribution in [1.82, 2.24) is 9.97 Å². The first kappa shape index (κ1) is 10.8. The van der Waals surface area contributed by atoms with Gasteiger partial charge in [-0.15, -0.1) is 0 Å². The summed E-state index contributed by atoms with van der Waals surface area (Å²) in [6, 6.07) is 1.94. The second-order valence-electron chi connectivity index (χ2n) is 3.64. The normalized spacial score (nSPS) is 21.7. The van der Waals surface area contributed by atoms with E-state index in [1.807, 2.05) is 6.07 Å².